The first-order valence-corrected chi connectivity index (χ1v) is 9.62. The molecule has 0 radical (unpaired) electrons. The number of sulfonamides is 1. The third-order valence-electron chi connectivity index (χ3n) is 3.98. The zero-order chi connectivity index (χ0) is 18.6. The average Bonchev–Trinajstić information content (AvgIpc) is 3.00. The van der Waals surface area contributed by atoms with Crippen LogP contribution >= 0.6 is 0 Å². The molecule has 1 aromatic carbocycles. The Morgan fingerprint density at radius 2 is 2.04 bits per heavy atom. The number of fused-ring (bicyclic) bond motifs is 1. The first-order valence-electron chi connectivity index (χ1n) is 8.13. The summed E-state index contributed by atoms with van der Waals surface area (Å²) in [6.45, 7) is 3.74. The predicted molar refractivity (Wildman–Crippen MR) is 92.3 cm³/mol. The molecule has 0 spiro atoms. The fraction of sp³-hybridized carbons (Fsp3) is 0.467. The number of oxazole rings is 1. The zero-order valence-electron chi connectivity index (χ0n) is 14.0. The molecule has 0 aliphatic carbocycles. The van der Waals surface area contributed by atoms with Crippen molar-refractivity contribution in [2.24, 2.45) is 0 Å². The van der Waals surface area contributed by atoms with Crippen LogP contribution in [0.25, 0.3) is 11.1 Å². The molecule has 0 bridgehead atoms. The van der Waals surface area contributed by atoms with Gasteiger partial charge in [-0.05, 0) is 12.1 Å². The summed E-state index contributed by atoms with van der Waals surface area (Å²) in [5.41, 5.74) is 0.530. The maximum atomic E-state index is 12.3. The Kier molecular flexibility index (Phi) is 5.71. The molecule has 10 nitrogen and oxygen atoms in total. The van der Waals surface area contributed by atoms with E-state index in [0.29, 0.717) is 31.8 Å². The highest BCUT2D eigenvalue weighted by atomic mass is 32.2. The highest BCUT2D eigenvalue weighted by Gasteiger charge is 2.17. The Labute approximate surface area is 149 Å². The number of morpholine rings is 1. The lowest BCUT2D eigenvalue weighted by molar-refractivity contribution is -0.120. The van der Waals surface area contributed by atoms with E-state index >= 15 is 0 Å². The number of benzene rings is 1. The largest absolute Gasteiger partial charge is 0.417 e. The number of carbonyl (C=O) groups is 1. The molecule has 1 fully saturated rings. The molecule has 2 heterocycles. The Hall–Kier alpha value is -2.21. The van der Waals surface area contributed by atoms with E-state index in [1.54, 1.807) is 0 Å². The second kappa shape index (κ2) is 7.99. The first-order chi connectivity index (χ1) is 12.4. The number of carbonyl (C=O) groups excluding carboxylic acids is 1. The van der Waals surface area contributed by atoms with E-state index in [2.05, 4.69) is 19.9 Å². The van der Waals surface area contributed by atoms with Gasteiger partial charge in [-0.3, -0.25) is 14.7 Å². The van der Waals surface area contributed by atoms with E-state index in [9.17, 15) is 18.0 Å². The van der Waals surface area contributed by atoms with Gasteiger partial charge in [0.1, 0.15) is 0 Å². The quantitative estimate of drug-likeness (QED) is 0.549. The predicted octanol–water partition coefficient (Wildman–Crippen LogP) is -1.15. The summed E-state index contributed by atoms with van der Waals surface area (Å²) in [5.74, 6) is -1.08. The van der Waals surface area contributed by atoms with Gasteiger partial charge in [0, 0.05) is 32.2 Å². The molecule has 1 saturated heterocycles. The molecule has 2 aromatic rings. The SMILES string of the molecule is O=C(CNS(=O)(=O)c1ccc2[nH]c(=O)oc2c1)NCCN1CCOCC1. The van der Waals surface area contributed by atoms with Crippen molar-refractivity contribution in [3.8, 4) is 0 Å². The molecule has 142 valence electrons. The van der Waals surface area contributed by atoms with Crippen molar-refractivity contribution in [1.29, 1.82) is 0 Å². The van der Waals surface area contributed by atoms with E-state index in [1.165, 1.54) is 18.2 Å². The summed E-state index contributed by atoms with van der Waals surface area (Å²) in [4.78, 5) is 27.5. The lowest BCUT2D eigenvalue weighted by Crippen LogP contribution is -2.43. The molecule has 26 heavy (non-hydrogen) atoms. The molecule has 1 amide bonds. The maximum Gasteiger partial charge on any atom is 0.417 e. The van der Waals surface area contributed by atoms with Crippen molar-refractivity contribution in [3.63, 3.8) is 0 Å². The summed E-state index contributed by atoms with van der Waals surface area (Å²) >= 11 is 0. The van der Waals surface area contributed by atoms with Crippen molar-refractivity contribution < 1.29 is 22.4 Å². The van der Waals surface area contributed by atoms with Crippen LogP contribution in [0.15, 0.2) is 32.3 Å². The van der Waals surface area contributed by atoms with Gasteiger partial charge < -0.3 is 14.5 Å². The van der Waals surface area contributed by atoms with Crippen LogP contribution in [0.3, 0.4) is 0 Å². The van der Waals surface area contributed by atoms with Gasteiger partial charge in [-0.1, -0.05) is 0 Å². The monoisotopic (exact) mass is 384 g/mol. The van der Waals surface area contributed by atoms with Crippen molar-refractivity contribution in [2.75, 3.05) is 45.9 Å². The Balaban J connectivity index is 1.50. The van der Waals surface area contributed by atoms with Gasteiger partial charge in [0.15, 0.2) is 5.58 Å². The van der Waals surface area contributed by atoms with Crippen LogP contribution in [0.5, 0.6) is 0 Å². The van der Waals surface area contributed by atoms with Crippen molar-refractivity contribution in [1.82, 2.24) is 19.9 Å². The standard InChI is InChI=1S/C15H20N4O6S/c20-14(16-3-4-19-5-7-24-8-6-19)10-17-26(22,23)11-1-2-12-13(9-11)25-15(21)18-12/h1-2,9,17H,3-8,10H2,(H,16,20)(H,18,21). The van der Waals surface area contributed by atoms with Crippen LogP contribution < -0.4 is 15.8 Å². The number of H-pyrrole nitrogens is 1. The smallest absolute Gasteiger partial charge is 0.408 e. The fourth-order valence-corrected chi connectivity index (χ4v) is 3.57. The fourth-order valence-electron chi connectivity index (χ4n) is 2.58. The topological polar surface area (TPSA) is 134 Å². The molecule has 1 aliphatic rings. The van der Waals surface area contributed by atoms with Gasteiger partial charge in [-0.25, -0.2) is 17.9 Å². The highest BCUT2D eigenvalue weighted by Crippen LogP contribution is 2.16. The molecule has 1 aliphatic heterocycles. The molecular formula is C15H20N4O6S. The second-order valence-corrected chi connectivity index (χ2v) is 7.57. The van der Waals surface area contributed by atoms with E-state index in [1.807, 2.05) is 0 Å². The van der Waals surface area contributed by atoms with Gasteiger partial charge in [-0.2, -0.15) is 0 Å². The Morgan fingerprint density at radius 3 is 2.81 bits per heavy atom. The van der Waals surface area contributed by atoms with Gasteiger partial charge in [0.05, 0.1) is 30.2 Å². The maximum absolute atomic E-state index is 12.3. The molecule has 0 unspecified atom stereocenters. The summed E-state index contributed by atoms with van der Waals surface area (Å²) < 4.78 is 36.8. The van der Waals surface area contributed by atoms with Crippen molar-refractivity contribution >= 4 is 27.0 Å². The van der Waals surface area contributed by atoms with Crippen molar-refractivity contribution in [2.45, 2.75) is 4.90 Å². The third-order valence-corrected chi connectivity index (χ3v) is 5.38. The van der Waals surface area contributed by atoms with Crippen LogP contribution in [0.4, 0.5) is 0 Å². The van der Waals surface area contributed by atoms with Crippen LogP contribution in [0, 0.1) is 0 Å². The molecular weight excluding hydrogens is 364 g/mol. The summed E-state index contributed by atoms with van der Waals surface area (Å²) in [6.07, 6.45) is 0. The van der Waals surface area contributed by atoms with Crippen LogP contribution in [-0.4, -0.2) is 70.1 Å². The number of amides is 1. The second-order valence-electron chi connectivity index (χ2n) is 5.80. The van der Waals surface area contributed by atoms with E-state index in [4.69, 9.17) is 9.15 Å². The third kappa shape index (κ3) is 4.69. The van der Waals surface area contributed by atoms with Crippen LogP contribution in [-0.2, 0) is 19.6 Å². The average molecular weight is 384 g/mol. The minimum absolute atomic E-state index is 0.0890. The van der Waals surface area contributed by atoms with E-state index < -0.39 is 21.7 Å². The minimum atomic E-state index is -3.90. The van der Waals surface area contributed by atoms with Gasteiger partial charge >= 0.3 is 5.76 Å². The molecule has 1 aromatic heterocycles. The molecule has 11 heteroatoms. The lowest BCUT2D eigenvalue weighted by atomic mass is 10.3. The Morgan fingerprint density at radius 1 is 1.27 bits per heavy atom. The first kappa shape index (κ1) is 18.6. The lowest BCUT2D eigenvalue weighted by Gasteiger charge is -2.26. The van der Waals surface area contributed by atoms with Gasteiger partial charge in [-0.15, -0.1) is 0 Å². The molecule has 0 atom stereocenters. The number of nitrogens with one attached hydrogen (secondary N) is 3. The van der Waals surface area contributed by atoms with Crippen LogP contribution in [0.1, 0.15) is 0 Å². The zero-order valence-corrected chi connectivity index (χ0v) is 14.8. The van der Waals surface area contributed by atoms with Gasteiger partial charge in [0.25, 0.3) is 0 Å². The number of aromatic amines is 1. The van der Waals surface area contributed by atoms with E-state index in [-0.39, 0.29) is 17.0 Å². The van der Waals surface area contributed by atoms with E-state index in [0.717, 1.165) is 13.1 Å². The Bertz CT molecular complexity index is 929. The van der Waals surface area contributed by atoms with Crippen molar-refractivity contribution in [3.05, 3.63) is 28.7 Å². The number of nitrogens with zero attached hydrogens (tertiary/aromatic N) is 1. The summed E-state index contributed by atoms with van der Waals surface area (Å²) in [5, 5.41) is 2.67. The van der Waals surface area contributed by atoms with Crippen LogP contribution in [0.2, 0.25) is 0 Å². The van der Waals surface area contributed by atoms with Gasteiger partial charge in [0.2, 0.25) is 15.9 Å². The molecule has 0 saturated carbocycles. The number of ether oxygens (including phenoxy) is 1. The number of rotatable bonds is 7. The summed E-state index contributed by atoms with van der Waals surface area (Å²) in [7, 11) is -3.90. The molecule has 3 rings (SSSR count). The minimum Gasteiger partial charge on any atom is -0.408 e. The number of hydrogen-bond acceptors (Lipinski definition) is 7. The molecule has 3 N–H and O–H groups in total. The number of hydrogen-bond donors (Lipinski definition) is 3. The highest BCUT2D eigenvalue weighted by molar-refractivity contribution is 7.89. The number of aromatic nitrogens is 1. The summed E-state index contributed by atoms with van der Waals surface area (Å²) in [6, 6.07) is 3.98. The normalized spacial score (nSPS) is 16.0.